The third-order valence-electron chi connectivity index (χ3n) is 3.09. The van der Waals surface area contributed by atoms with E-state index in [-0.39, 0.29) is 0 Å². The molecule has 0 atom stereocenters. The second kappa shape index (κ2) is 7.31. The summed E-state index contributed by atoms with van der Waals surface area (Å²) in [5, 5.41) is 7.47. The average Bonchev–Trinajstić information content (AvgIpc) is 2.48. The second-order valence-corrected chi connectivity index (χ2v) is 5.77. The van der Waals surface area contributed by atoms with Crippen LogP contribution in [0, 0.1) is 13.8 Å². The minimum absolute atomic E-state index is 0.767. The molecule has 0 amide bonds. The molecule has 0 aliphatic heterocycles. The molecule has 21 heavy (non-hydrogen) atoms. The fourth-order valence-corrected chi connectivity index (χ4v) is 2.40. The summed E-state index contributed by atoms with van der Waals surface area (Å²) in [6, 6.07) is 8.30. The lowest BCUT2D eigenvalue weighted by atomic mass is 10.1. The van der Waals surface area contributed by atoms with Crippen molar-refractivity contribution in [2.45, 2.75) is 32.3 Å². The number of aromatic nitrogens is 2. The highest BCUT2D eigenvalue weighted by molar-refractivity contribution is 7.98. The van der Waals surface area contributed by atoms with Crippen molar-refractivity contribution >= 4 is 29.1 Å². The molecule has 0 unspecified atom stereocenters. The smallest absolute Gasteiger partial charge is 0.191 e. The highest BCUT2D eigenvalue weighted by atomic mass is 32.2. The molecule has 1 heterocycles. The molecule has 2 N–H and O–H groups in total. The van der Waals surface area contributed by atoms with E-state index in [1.54, 1.807) is 11.8 Å². The zero-order chi connectivity index (χ0) is 15.2. The van der Waals surface area contributed by atoms with Crippen molar-refractivity contribution < 1.29 is 0 Å². The van der Waals surface area contributed by atoms with Crippen LogP contribution in [-0.2, 0) is 0 Å². The average molecular weight is 302 g/mol. The largest absolute Gasteiger partial charge is 0.370 e. The highest BCUT2D eigenvalue weighted by Crippen LogP contribution is 2.23. The molecule has 0 bridgehead atoms. The van der Waals surface area contributed by atoms with Crippen LogP contribution in [0.3, 0.4) is 0 Å². The summed E-state index contributed by atoms with van der Waals surface area (Å²) in [5.41, 5.74) is 3.55. The van der Waals surface area contributed by atoms with Gasteiger partial charge < -0.3 is 10.6 Å². The molecule has 1 aromatic heterocycles. The Morgan fingerprint density at radius 2 is 1.86 bits per heavy atom. The molecule has 0 aliphatic rings. The van der Waals surface area contributed by atoms with Gasteiger partial charge >= 0.3 is 0 Å². The van der Waals surface area contributed by atoms with Gasteiger partial charge in [0, 0.05) is 18.3 Å². The SMILES string of the molecule is CCCNc1cc(Nc2ccc(C)cc2C)nc(SC)n1. The van der Waals surface area contributed by atoms with Crippen LogP contribution in [0.2, 0.25) is 0 Å². The first-order chi connectivity index (χ1) is 10.1. The fraction of sp³-hybridized carbons (Fsp3) is 0.375. The lowest BCUT2D eigenvalue weighted by molar-refractivity contribution is 0.929. The minimum Gasteiger partial charge on any atom is -0.370 e. The van der Waals surface area contributed by atoms with Crippen molar-refractivity contribution in [3.05, 3.63) is 35.4 Å². The quantitative estimate of drug-likeness (QED) is 0.612. The van der Waals surface area contributed by atoms with Gasteiger partial charge in [-0.3, -0.25) is 0 Å². The number of nitrogens with one attached hydrogen (secondary N) is 2. The van der Waals surface area contributed by atoms with E-state index in [0.29, 0.717) is 0 Å². The first-order valence-electron chi connectivity index (χ1n) is 7.13. The van der Waals surface area contributed by atoms with Gasteiger partial charge in [-0.05, 0) is 38.2 Å². The van der Waals surface area contributed by atoms with E-state index in [0.717, 1.165) is 35.4 Å². The van der Waals surface area contributed by atoms with Crippen LogP contribution in [0.25, 0.3) is 0 Å². The highest BCUT2D eigenvalue weighted by Gasteiger charge is 2.06. The lowest BCUT2D eigenvalue weighted by Crippen LogP contribution is -2.05. The van der Waals surface area contributed by atoms with Gasteiger partial charge in [-0.2, -0.15) is 0 Å². The van der Waals surface area contributed by atoms with E-state index in [1.807, 2.05) is 12.3 Å². The number of rotatable bonds is 6. The lowest BCUT2D eigenvalue weighted by Gasteiger charge is -2.12. The standard InChI is InChI=1S/C16H22N4S/c1-5-8-17-14-10-15(20-16(19-14)21-4)18-13-7-6-11(2)9-12(13)3/h6-7,9-10H,5,8H2,1-4H3,(H2,17,18,19,20). The van der Waals surface area contributed by atoms with Gasteiger partial charge in [0.2, 0.25) is 0 Å². The molecule has 0 saturated heterocycles. The van der Waals surface area contributed by atoms with E-state index in [1.165, 1.54) is 11.1 Å². The molecule has 0 aliphatic carbocycles. The Bertz CT molecular complexity index is 613. The Morgan fingerprint density at radius 3 is 2.52 bits per heavy atom. The second-order valence-electron chi connectivity index (χ2n) is 5.00. The maximum absolute atomic E-state index is 4.52. The fourth-order valence-electron chi connectivity index (χ4n) is 2.02. The van der Waals surface area contributed by atoms with E-state index in [9.17, 15) is 0 Å². The van der Waals surface area contributed by atoms with Crippen LogP contribution in [-0.4, -0.2) is 22.8 Å². The molecule has 112 valence electrons. The van der Waals surface area contributed by atoms with Crippen LogP contribution in [0.4, 0.5) is 17.3 Å². The van der Waals surface area contributed by atoms with E-state index >= 15 is 0 Å². The summed E-state index contributed by atoms with van der Waals surface area (Å²) in [4.78, 5) is 8.99. The number of hydrogen-bond acceptors (Lipinski definition) is 5. The summed E-state index contributed by atoms with van der Waals surface area (Å²) < 4.78 is 0. The molecule has 4 nitrogen and oxygen atoms in total. The van der Waals surface area contributed by atoms with Crippen molar-refractivity contribution in [3.63, 3.8) is 0 Å². The molecule has 0 radical (unpaired) electrons. The monoisotopic (exact) mass is 302 g/mol. The first-order valence-corrected chi connectivity index (χ1v) is 8.36. The normalized spacial score (nSPS) is 10.5. The predicted molar refractivity (Wildman–Crippen MR) is 91.8 cm³/mol. The van der Waals surface area contributed by atoms with Gasteiger partial charge in [-0.25, -0.2) is 9.97 Å². The van der Waals surface area contributed by atoms with Gasteiger partial charge in [-0.15, -0.1) is 0 Å². The van der Waals surface area contributed by atoms with Gasteiger partial charge in [-0.1, -0.05) is 36.4 Å². The summed E-state index contributed by atoms with van der Waals surface area (Å²) >= 11 is 1.55. The maximum Gasteiger partial charge on any atom is 0.191 e. The summed E-state index contributed by atoms with van der Waals surface area (Å²) in [7, 11) is 0. The van der Waals surface area contributed by atoms with Gasteiger partial charge in [0.1, 0.15) is 11.6 Å². The summed E-state index contributed by atoms with van der Waals surface area (Å²) in [6.45, 7) is 7.24. The van der Waals surface area contributed by atoms with E-state index in [4.69, 9.17) is 0 Å². The topological polar surface area (TPSA) is 49.8 Å². The number of thioether (sulfide) groups is 1. The van der Waals surface area contributed by atoms with Crippen molar-refractivity contribution in [1.29, 1.82) is 0 Å². The molecule has 0 spiro atoms. The minimum atomic E-state index is 0.767. The first kappa shape index (κ1) is 15.6. The van der Waals surface area contributed by atoms with Gasteiger partial charge in [0.25, 0.3) is 0 Å². The van der Waals surface area contributed by atoms with Crippen LogP contribution in [0.5, 0.6) is 0 Å². The number of hydrogen-bond donors (Lipinski definition) is 2. The van der Waals surface area contributed by atoms with Crippen molar-refractivity contribution in [1.82, 2.24) is 9.97 Å². The number of benzene rings is 1. The van der Waals surface area contributed by atoms with E-state index in [2.05, 4.69) is 59.6 Å². The predicted octanol–water partition coefficient (Wildman–Crippen LogP) is 4.38. The van der Waals surface area contributed by atoms with E-state index < -0.39 is 0 Å². The zero-order valence-electron chi connectivity index (χ0n) is 13.0. The molecular formula is C16H22N4S. The Balaban J connectivity index is 2.25. The van der Waals surface area contributed by atoms with Crippen molar-refractivity contribution in [2.75, 3.05) is 23.4 Å². The molecule has 0 fully saturated rings. The summed E-state index contributed by atoms with van der Waals surface area (Å²) in [6.07, 6.45) is 3.05. The molecule has 1 aromatic carbocycles. The molecule has 5 heteroatoms. The van der Waals surface area contributed by atoms with Crippen LogP contribution in [0.15, 0.2) is 29.4 Å². The molecule has 0 saturated carbocycles. The number of nitrogens with zero attached hydrogens (tertiary/aromatic N) is 2. The summed E-state index contributed by atoms with van der Waals surface area (Å²) in [5.74, 6) is 1.68. The zero-order valence-corrected chi connectivity index (χ0v) is 13.8. The third-order valence-corrected chi connectivity index (χ3v) is 3.64. The Morgan fingerprint density at radius 1 is 1.10 bits per heavy atom. The Labute approximate surface area is 130 Å². The Kier molecular flexibility index (Phi) is 5.44. The molecular weight excluding hydrogens is 280 g/mol. The molecule has 2 rings (SSSR count). The van der Waals surface area contributed by atoms with Crippen LogP contribution in [0.1, 0.15) is 24.5 Å². The van der Waals surface area contributed by atoms with Gasteiger partial charge in [0.05, 0.1) is 0 Å². The van der Waals surface area contributed by atoms with Gasteiger partial charge in [0.15, 0.2) is 5.16 Å². The van der Waals surface area contributed by atoms with Crippen LogP contribution >= 0.6 is 11.8 Å². The maximum atomic E-state index is 4.52. The Hall–Kier alpha value is -1.75. The third kappa shape index (κ3) is 4.36. The molecule has 2 aromatic rings. The van der Waals surface area contributed by atoms with Crippen molar-refractivity contribution in [3.8, 4) is 0 Å². The number of aryl methyl sites for hydroxylation is 2. The van der Waals surface area contributed by atoms with Crippen LogP contribution < -0.4 is 10.6 Å². The number of anilines is 3. The van der Waals surface area contributed by atoms with Crippen molar-refractivity contribution in [2.24, 2.45) is 0 Å².